The number of hydrogen-bond donors (Lipinski definition) is 0. The van der Waals surface area contributed by atoms with Gasteiger partial charge < -0.3 is 0 Å². The first kappa shape index (κ1) is 14.4. The molecule has 2 aromatic carbocycles. The van der Waals surface area contributed by atoms with Gasteiger partial charge in [0.15, 0.2) is 0 Å². The first-order valence-electron chi connectivity index (χ1n) is 9.25. The van der Waals surface area contributed by atoms with Crippen LogP contribution in [0.5, 0.6) is 0 Å². The average Bonchev–Trinajstić information content (AvgIpc) is 2.97. The molecule has 0 saturated heterocycles. The standard InChI is InChI=1S/C24H24/c1-3-16-23(17-18-10-6-4-7-11-18)22(2)20-14-15-21(20)24(22,23)19-12-8-5-9-13-19/h1,4-13,20-21H,14-17H2,2H3/t20-,21-,22+,23+,24-/m1/s1. The zero-order valence-electron chi connectivity index (χ0n) is 14.3. The summed E-state index contributed by atoms with van der Waals surface area (Å²) >= 11 is 0. The maximum Gasteiger partial charge on any atom is 0.0160 e. The predicted molar refractivity (Wildman–Crippen MR) is 98.5 cm³/mol. The molecule has 24 heavy (non-hydrogen) atoms. The molecule has 0 heteroatoms. The molecular weight excluding hydrogens is 288 g/mol. The largest absolute Gasteiger partial charge is 0.120 e. The van der Waals surface area contributed by atoms with E-state index < -0.39 is 0 Å². The third-order valence-electron chi connectivity index (χ3n) is 8.06. The molecule has 0 aliphatic heterocycles. The monoisotopic (exact) mass is 312 g/mol. The van der Waals surface area contributed by atoms with Crippen molar-refractivity contribution in [3.8, 4) is 12.3 Å². The third-order valence-corrected chi connectivity index (χ3v) is 8.06. The molecule has 0 unspecified atom stereocenters. The molecule has 0 aromatic heterocycles. The van der Waals surface area contributed by atoms with Crippen molar-refractivity contribution in [2.75, 3.05) is 0 Å². The lowest BCUT2D eigenvalue weighted by Gasteiger charge is -2.58. The second-order valence-corrected chi connectivity index (χ2v) is 8.29. The normalized spacial score (nSPS) is 41.2. The fraction of sp³-hybridized carbons (Fsp3) is 0.417. The van der Waals surface area contributed by atoms with Gasteiger partial charge in [-0.05, 0) is 47.6 Å². The van der Waals surface area contributed by atoms with Crippen LogP contribution < -0.4 is 0 Å². The number of rotatable bonds is 4. The van der Waals surface area contributed by atoms with Gasteiger partial charge in [0.25, 0.3) is 0 Å². The van der Waals surface area contributed by atoms with Crippen LogP contribution in [0, 0.1) is 35.0 Å². The highest BCUT2D eigenvalue weighted by Gasteiger charge is 2.96. The van der Waals surface area contributed by atoms with E-state index in [0.29, 0.717) is 10.8 Å². The second-order valence-electron chi connectivity index (χ2n) is 8.29. The number of hydrogen-bond acceptors (Lipinski definition) is 0. The molecule has 2 aromatic rings. The van der Waals surface area contributed by atoms with Gasteiger partial charge in [0.05, 0.1) is 0 Å². The molecule has 5 rings (SSSR count). The van der Waals surface area contributed by atoms with Crippen LogP contribution in [0.25, 0.3) is 0 Å². The van der Waals surface area contributed by atoms with E-state index in [-0.39, 0.29) is 5.41 Å². The van der Waals surface area contributed by atoms with E-state index in [2.05, 4.69) is 73.5 Å². The Balaban J connectivity index is 1.66. The van der Waals surface area contributed by atoms with Gasteiger partial charge in [-0.2, -0.15) is 0 Å². The average molecular weight is 312 g/mol. The minimum atomic E-state index is 0.239. The molecular formula is C24H24. The summed E-state index contributed by atoms with van der Waals surface area (Å²) in [5, 5.41) is 0. The summed E-state index contributed by atoms with van der Waals surface area (Å²) in [6.45, 7) is 2.54. The second kappa shape index (κ2) is 4.54. The molecule has 120 valence electrons. The quantitative estimate of drug-likeness (QED) is 0.678. The van der Waals surface area contributed by atoms with E-state index in [1.165, 1.54) is 18.4 Å². The van der Waals surface area contributed by atoms with Crippen LogP contribution >= 0.6 is 0 Å². The SMILES string of the molecule is C#CC[C@]1(Cc2ccccc2)[C@]2(C)[C@@H]3CC[C@H]3[C@@]12c1ccccc1. The lowest BCUT2D eigenvalue weighted by atomic mass is 9.46. The van der Waals surface area contributed by atoms with Gasteiger partial charge in [0.2, 0.25) is 0 Å². The van der Waals surface area contributed by atoms with Gasteiger partial charge in [-0.3, -0.25) is 0 Å². The zero-order valence-corrected chi connectivity index (χ0v) is 14.3. The Hall–Kier alpha value is -2.00. The summed E-state index contributed by atoms with van der Waals surface area (Å²) in [6, 6.07) is 22.3. The van der Waals surface area contributed by atoms with E-state index in [4.69, 9.17) is 6.42 Å². The van der Waals surface area contributed by atoms with Crippen LogP contribution in [0.2, 0.25) is 0 Å². The molecule has 3 fully saturated rings. The molecule has 0 heterocycles. The van der Waals surface area contributed by atoms with Crippen molar-refractivity contribution < 1.29 is 0 Å². The zero-order chi connectivity index (χ0) is 16.4. The van der Waals surface area contributed by atoms with Gasteiger partial charge in [0.1, 0.15) is 0 Å². The van der Waals surface area contributed by atoms with Crippen LogP contribution in [0.15, 0.2) is 60.7 Å². The van der Waals surface area contributed by atoms with Crippen LogP contribution in [0.1, 0.15) is 37.3 Å². The van der Waals surface area contributed by atoms with Gasteiger partial charge in [-0.15, -0.1) is 12.3 Å². The van der Waals surface area contributed by atoms with Crippen LogP contribution in [-0.2, 0) is 11.8 Å². The summed E-state index contributed by atoms with van der Waals surface area (Å²) in [5.41, 5.74) is 3.92. The topological polar surface area (TPSA) is 0 Å². The summed E-state index contributed by atoms with van der Waals surface area (Å²) in [5.74, 6) is 4.81. The van der Waals surface area contributed by atoms with E-state index in [0.717, 1.165) is 24.7 Å². The van der Waals surface area contributed by atoms with E-state index in [1.807, 2.05) is 0 Å². The Bertz CT molecular complexity index is 814. The van der Waals surface area contributed by atoms with Gasteiger partial charge >= 0.3 is 0 Å². The Kier molecular flexibility index (Phi) is 2.72. The molecule has 0 bridgehead atoms. The predicted octanol–water partition coefficient (Wildman–Crippen LogP) is 5.24. The molecule has 0 N–H and O–H groups in total. The molecule has 0 radical (unpaired) electrons. The summed E-state index contributed by atoms with van der Waals surface area (Å²) < 4.78 is 0. The first-order chi connectivity index (χ1) is 11.7. The van der Waals surface area contributed by atoms with Crippen molar-refractivity contribution in [3.63, 3.8) is 0 Å². The highest BCUT2D eigenvalue weighted by atomic mass is 15.0. The van der Waals surface area contributed by atoms with Crippen molar-refractivity contribution in [1.29, 1.82) is 0 Å². The summed E-state index contributed by atoms with van der Waals surface area (Å²) in [7, 11) is 0. The van der Waals surface area contributed by atoms with E-state index in [1.54, 1.807) is 5.56 Å². The van der Waals surface area contributed by atoms with Gasteiger partial charge in [-0.25, -0.2) is 0 Å². The van der Waals surface area contributed by atoms with Gasteiger partial charge in [0, 0.05) is 17.3 Å². The lowest BCUT2D eigenvalue weighted by Crippen LogP contribution is -2.54. The molecule has 3 aliphatic carbocycles. The van der Waals surface area contributed by atoms with E-state index in [9.17, 15) is 0 Å². The number of benzene rings is 2. The van der Waals surface area contributed by atoms with Gasteiger partial charge in [-0.1, -0.05) is 67.6 Å². The Morgan fingerprint density at radius 1 is 0.958 bits per heavy atom. The fourth-order valence-corrected chi connectivity index (χ4v) is 7.25. The number of fused-ring (bicyclic) bond motifs is 4. The Morgan fingerprint density at radius 2 is 1.58 bits per heavy atom. The molecule has 3 aliphatic rings. The summed E-state index contributed by atoms with van der Waals surface area (Å²) in [4.78, 5) is 0. The minimum Gasteiger partial charge on any atom is -0.120 e. The first-order valence-corrected chi connectivity index (χ1v) is 9.25. The summed E-state index contributed by atoms with van der Waals surface area (Å²) in [6.07, 6.45) is 10.7. The molecule has 3 saturated carbocycles. The van der Waals surface area contributed by atoms with Crippen LogP contribution in [0.4, 0.5) is 0 Å². The van der Waals surface area contributed by atoms with E-state index >= 15 is 0 Å². The van der Waals surface area contributed by atoms with Crippen molar-refractivity contribution in [3.05, 3.63) is 71.8 Å². The smallest absolute Gasteiger partial charge is 0.0160 e. The molecule has 5 atom stereocenters. The number of terminal acetylenes is 1. The highest BCUT2D eigenvalue weighted by molar-refractivity contribution is 5.57. The van der Waals surface area contributed by atoms with Crippen LogP contribution in [0.3, 0.4) is 0 Å². The third kappa shape index (κ3) is 1.28. The Labute approximate surface area is 145 Å². The van der Waals surface area contributed by atoms with Crippen molar-refractivity contribution in [1.82, 2.24) is 0 Å². The Morgan fingerprint density at radius 3 is 2.17 bits per heavy atom. The van der Waals surface area contributed by atoms with Crippen molar-refractivity contribution in [2.45, 2.75) is 38.0 Å². The maximum atomic E-state index is 5.92. The molecule has 0 amide bonds. The lowest BCUT2D eigenvalue weighted by molar-refractivity contribution is -0.0483. The maximum absolute atomic E-state index is 5.92. The fourth-order valence-electron chi connectivity index (χ4n) is 7.25. The van der Waals surface area contributed by atoms with Crippen LogP contribution in [-0.4, -0.2) is 0 Å². The minimum absolute atomic E-state index is 0.239. The molecule has 0 spiro atoms. The molecule has 0 nitrogen and oxygen atoms in total. The highest BCUT2D eigenvalue weighted by Crippen LogP contribution is 2.98. The van der Waals surface area contributed by atoms with Crippen molar-refractivity contribution >= 4 is 0 Å². The van der Waals surface area contributed by atoms with Crippen molar-refractivity contribution in [2.24, 2.45) is 22.7 Å².